The predicted octanol–water partition coefficient (Wildman–Crippen LogP) is 1.96. The minimum Gasteiger partial charge on any atom is -0.303 e. The van der Waals surface area contributed by atoms with Crippen LogP contribution in [-0.4, -0.2) is 16.5 Å². The molecule has 0 spiro atoms. The third-order valence-electron chi connectivity index (χ3n) is 2.15. The summed E-state index contributed by atoms with van der Waals surface area (Å²) < 4.78 is 12.7. The summed E-state index contributed by atoms with van der Waals surface area (Å²) in [5.41, 5.74) is 2.41. The monoisotopic (exact) mass is 204 g/mol. The van der Waals surface area contributed by atoms with E-state index >= 15 is 0 Å². The molecule has 4 heteroatoms. The molecule has 0 unspecified atom stereocenters. The Balaban J connectivity index is 2.40. The van der Waals surface area contributed by atoms with Crippen molar-refractivity contribution in [3.63, 3.8) is 0 Å². The lowest BCUT2D eigenvalue weighted by molar-refractivity contribution is -0.107. The van der Waals surface area contributed by atoms with Crippen LogP contribution in [0, 0.1) is 5.82 Å². The topological polar surface area (TPSA) is 45.8 Å². The van der Waals surface area contributed by atoms with Crippen molar-refractivity contribution < 1.29 is 9.18 Å². The van der Waals surface area contributed by atoms with Crippen molar-refractivity contribution >= 4 is 6.29 Å². The van der Waals surface area contributed by atoms with Crippen LogP contribution >= 0.6 is 0 Å². The van der Waals surface area contributed by atoms with Gasteiger partial charge in [0.05, 0.1) is 11.9 Å². The second kappa shape index (κ2) is 4.04. The molecular weight excluding hydrogens is 195 g/mol. The highest BCUT2D eigenvalue weighted by molar-refractivity contribution is 5.67. The van der Waals surface area contributed by atoms with Crippen LogP contribution in [0.3, 0.4) is 0 Å². The number of benzene rings is 1. The fourth-order valence-electron chi connectivity index (χ4n) is 1.42. The Morgan fingerprint density at radius 2 is 2.07 bits per heavy atom. The first-order valence-corrected chi connectivity index (χ1v) is 4.53. The molecule has 1 aromatic carbocycles. The van der Waals surface area contributed by atoms with E-state index < -0.39 is 0 Å². The largest absolute Gasteiger partial charge is 0.303 e. The third-order valence-corrected chi connectivity index (χ3v) is 2.15. The van der Waals surface area contributed by atoms with E-state index in [9.17, 15) is 9.18 Å². The van der Waals surface area contributed by atoms with Crippen LogP contribution in [0.15, 0.2) is 30.5 Å². The van der Waals surface area contributed by atoms with Gasteiger partial charge in [0.1, 0.15) is 12.1 Å². The zero-order valence-corrected chi connectivity index (χ0v) is 7.90. The van der Waals surface area contributed by atoms with Crippen molar-refractivity contribution in [2.75, 3.05) is 0 Å². The van der Waals surface area contributed by atoms with Gasteiger partial charge < -0.3 is 4.79 Å². The number of aldehydes is 1. The highest BCUT2D eigenvalue weighted by Crippen LogP contribution is 2.21. The number of H-pyrrole nitrogens is 1. The van der Waals surface area contributed by atoms with E-state index in [1.54, 1.807) is 18.3 Å². The number of nitrogens with zero attached hydrogens (tertiary/aromatic N) is 1. The summed E-state index contributed by atoms with van der Waals surface area (Å²) in [6.07, 6.45) is 2.73. The van der Waals surface area contributed by atoms with E-state index in [2.05, 4.69) is 10.2 Å². The number of hydrogen-bond donors (Lipinski definition) is 1. The minimum absolute atomic E-state index is 0.282. The Morgan fingerprint density at radius 3 is 2.73 bits per heavy atom. The van der Waals surface area contributed by atoms with Crippen LogP contribution in [0.1, 0.15) is 5.56 Å². The molecule has 0 saturated carbocycles. The number of aromatic amines is 1. The van der Waals surface area contributed by atoms with Gasteiger partial charge in [-0.25, -0.2) is 4.39 Å². The Labute approximate surface area is 85.9 Å². The van der Waals surface area contributed by atoms with E-state index in [0.29, 0.717) is 6.42 Å². The Morgan fingerprint density at radius 1 is 1.33 bits per heavy atom. The second-order valence-corrected chi connectivity index (χ2v) is 3.15. The molecule has 0 aliphatic heterocycles. The molecule has 1 aromatic heterocycles. The number of carbonyl (C=O) groups excluding carboxylic acids is 1. The molecule has 76 valence electrons. The first-order chi connectivity index (χ1) is 7.31. The molecule has 2 rings (SSSR count). The standard InChI is InChI=1S/C11H9FN2O/c12-10-3-1-8(2-4-10)11-9(5-6-15)7-13-14-11/h1-4,6-7H,5H2,(H,13,14). The number of rotatable bonds is 3. The maximum atomic E-state index is 12.7. The van der Waals surface area contributed by atoms with Gasteiger partial charge in [0.25, 0.3) is 0 Å². The van der Waals surface area contributed by atoms with Gasteiger partial charge in [-0.2, -0.15) is 5.10 Å². The molecule has 0 amide bonds. The summed E-state index contributed by atoms with van der Waals surface area (Å²) in [7, 11) is 0. The van der Waals surface area contributed by atoms with E-state index in [1.807, 2.05) is 0 Å². The van der Waals surface area contributed by atoms with Crippen LogP contribution < -0.4 is 0 Å². The third kappa shape index (κ3) is 1.93. The van der Waals surface area contributed by atoms with Crippen LogP contribution in [0.2, 0.25) is 0 Å². The first-order valence-electron chi connectivity index (χ1n) is 4.53. The zero-order chi connectivity index (χ0) is 10.7. The van der Waals surface area contributed by atoms with Crippen molar-refractivity contribution in [1.29, 1.82) is 0 Å². The molecule has 0 atom stereocenters. The van der Waals surface area contributed by atoms with Crippen LogP contribution in [-0.2, 0) is 11.2 Å². The second-order valence-electron chi connectivity index (χ2n) is 3.15. The van der Waals surface area contributed by atoms with Gasteiger partial charge >= 0.3 is 0 Å². The summed E-state index contributed by atoms with van der Waals surface area (Å²) in [4.78, 5) is 10.4. The smallest absolute Gasteiger partial charge is 0.124 e. The first kappa shape index (κ1) is 9.58. The van der Waals surface area contributed by atoms with Gasteiger partial charge in [0.15, 0.2) is 0 Å². The van der Waals surface area contributed by atoms with Gasteiger partial charge in [0, 0.05) is 17.5 Å². The summed E-state index contributed by atoms with van der Waals surface area (Å²) in [6, 6.07) is 6.05. The molecule has 0 aliphatic carbocycles. The zero-order valence-electron chi connectivity index (χ0n) is 7.90. The van der Waals surface area contributed by atoms with Gasteiger partial charge in [-0.1, -0.05) is 0 Å². The van der Waals surface area contributed by atoms with Crippen molar-refractivity contribution in [1.82, 2.24) is 10.2 Å². The minimum atomic E-state index is -0.282. The van der Waals surface area contributed by atoms with Crippen molar-refractivity contribution in [3.8, 4) is 11.3 Å². The van der Waals surface area contributed by atoms with E-state index in [0.717, 1.165) is 23.1 Å². The lowest BCUT2D eigenvalue weighted by Gasteiger charge is -1.99. The number of nitrogens with one attached hydrogen (secondary N) is 1. The quantitative estimate of drug-likeness (QED) is 0.777. The SMILES string of the molecule is O=CCc1cn[nH]c1-c1ccc(F)cc1. The van der Waals surface area contributed by atoms with Crippen molar-refractivity contribution in [2.24, 2.45) is 0 Å². The molecular formula is C11H9FN2O. The molecule has 1 N–H and O–H groups in total. The maximum Gasteiger partial charge on any atom is 0.124 e. The van der Waals surface area contributed by atoms with Gasteiger partial charge in [-0.15, -0.1) is 0 Å². The normalized spacial score (nSPS) is 10.2. The number of carbonyl (C=O) groups is 1. The van der Waals surface area contributed by atoms with Crippen LogP contribution in [0.25, 0.3) is 11.3 Å². The van der Waals surface area contributed by atoms with E-state index in [1.165, 1.54) is 12.1 Å². The molecule has 15 heavy (non-hydrogen) atoms. The molecule has 2 aromatic rings. The van der Waals surface area contributed by atoms with Gasteiger partial charge in [-0.3, -0.25) is 5.10 Å². The van der Waals surface area contributed by atoms with E-state index in [-0.39, 0.29) is 5.82 Å². The average molecular weight is 204 g/mol. The number of hydrogen-bond acceptors (Lipinski definition) is 2. The predicted molar refractivity (Wildman–Crippen MR) is 53.7 cm³/mol. The highest BCUT2D eigenvalue weighted by atomic mass is 19.1. The molecule has 1 heterocycles. The van der Waals surface area contributed by atoms with Crippen molar-refractivity contribution in [2.45, 2.75) is 6.42 Å². The lowest BCUT2D eigenvalue weighted by atomic mass is 10.1. The number of aromatic nitrogens is 2. The summed E-state index contributed by atoms with van der Waals surface area (Å²) >= 11 is 0. The molecule has 0 fully saturated rings. The van der Waals surface area contributed by atoms with Gasteiger partial charge in [0.2, 0.25) is 0 Å². The Kier molecular flexibility index (Phi) is 2.58. The summed E-state index contributed by atoms with van der Waals surface area (Å²) in [5, 5.41) is 6.66. The molecule has 0 radical (unpaired) electrons. The molecule has 0 aliphatic rings. The van der Waals surface area contributed by atoms with Crippen LogP contribution in [0.4, 0.5) is 4.39 Å². The lowest BCUT2D eigenvalue weighted by Crippen LogP contribution is -1.88. The average Bonchev–Trinajstić information content (AvgIpc) is 2.68. The van der Waals surface area contributed by atoms with Crippen molar-refractivity contribution in [3.05, 3.63) is 41.8 Å². The fourth-order valence-corrected chi connectivity index (χ4v) is 1.42. The summed E-state index contributed by atoms with van der Waals surface area (Å²) in [6.45, 7) is 0. The van der Waals surface area contributed by atoms with Gasteiger partial charge in [-0.05, 0) is 24.3 Å². The molecule has 0 bridgehead atoms. The molecule has 0 saturated heterocycles. The maximum absolute atomic E-state index is 12.7. The van der Waals surface area contributed by atoms with E-state index in [4.69, 9.17) is 0 Å². The fraction of sp³-hybridized carbons (Fsp3) is 0.0909. The Hall–Kier alpha value is -1.97. The van der Waals surface area contributed by atoms with Crippen LogP contribution in [0.5, 0.6) is 0 Å². The summed E-state index contributed by atoms with van der Waals surface area (Å²) in [5.74, 6) is -0.282. The Bertz CT molecular complexity index is 462. The molecule has 3 nitrogen and oxygen atoms in total. The highest BCUT2D eigenvalue weighted by Gasteiger charge is 2.06. The number of halogens is 1.